The summed E-state index contributed by atoms with van der Waals surface area (Å²) in [6, 6.07) is -13.0. The molecule has 42 heteroatoms. The fraction of sp³-hybridized carbons (Fsp3) is 0.612. The monoisotopic (exact) mass is 1570 g/mol. The van der Waals surface area contributed by atoms with Crippen molar-refractivity contribution in [3.8, 4) is 0 Å². The molecule has 3 aliphatic heterocycles. The molecule has 13 atom stereocenters. The second-order valence-electron chi connectivity index (χ2n) is 27.0. The Balaban J connectivity index is 1.51. The number of aliphatic imine (C=N–C) groups is 1. The molecule has 13 amide bonds. The van der Waals surface area contributed by atoms with Crippen LogP contribution in [0.3, 0.4) is 0 Å². The summed E-state index contributed by atoms with van der Waals surface area (Å²) in [5, 5.41) is 67.2. The summed E-state index contributed by atoms with van der Waals surface area (Å²) in [7, 11) is 1.50. The molecule has 4 heterocycles. The van der Waals surface area contributed by atoms with Crippen molar-refractivity contribution in [3.05, 3.63) is 36.0 Å². The van der Waals surface area contributed by atoms with E-state index in [9.17, 15) is 92.3 Å². The largest absolute Gasteiger partial charge is 0.481 e. The van der Waals surface area contributed by atoms with Gasteiger partial charge in [-0.25, -0.2) is 4.79 Å². The number of H-pyrrole nitrogens is 1. The maximum Gasteiger partial charge on any atom is 0.327 e. The smallest absolute Gasteiger partial charge is 0.327 e. The van der Waals surface area contributed by atoms with Crippen molar-refractivity contribution in [1.29, 1.82) is 0 Å². The first-order valence-corrected chi connectivity index (χ1v) is 38.2. The number of rotatable bonds is 31. The molecule has 3 aliphatic rings. The average molecular weight is 1570 g/mol. The quantitative estimate of drug-likeness (QED) is 0.0145. The number of nitrogens with two attached hydrogens (primary N) is 4. The van der Waals surface area contributed by atoms with Crippen LogP contribution in [-0.4, -0.2) is 265 Å². The maximum atomic E-state index is 15.1. The minimum atomic E-state index is -1.96. The van der Waals surface area contributed by atoms with Gasteiger partial charge in [0.15, 0.2) is 5.96 Å². The van der Waals surface area contributed by atoms with Gasteiger partial charge in [-0.05, 0) is 109 Å². The normalized spacial score (nSPS) is 22.4. The number of benzene rings is 1. The Morgan fingerprint density at radius 2 is 1.21 bits per heavy atom. The number of carbonyl (C=O) groups excluding carboxylic acids is 13. The molecule has 109 heavy (non-hydrogen) atoms. The second-order valence-corrected chi connectivity index (χ2v) is 29.6. The summed E-state index contributed by atoms with van der Waals surface area (Å²) < 4.78 is 0. The predicted molar refractivity (Wildman–Crippen MR) is 394 cm³/mol. The number of aromatic nitrogens is 1. The minimum absolute atomic E-state index is 0.0130. The summed E-state index contributed by atoms with van der Waals surface area (Å²) in [5.74, 6) is -20.7. The zero-order valence-corrected chi connectivity index (χ0v) is 62.6. The topological polar surface area (TPSA) is 642 Å². The van der Waals surface area contributed by atoms with Crippen LogP contribution in [0.1, 0.15) is 130 Å². The maximum absolute atomic E-state index is 15.1. The highest BCUT2D eigenvalue weighted by atomic mass is 33.1. The number of carbonyl (C=O) groups is 17. The lowest BCUT2D eigenvalue weighted by Gasteiger charge is -2.33. The van der Waals surface area contributed by atoms with Gasteiger partial charge in [0.2, 0.25) is 76.8 Å². The number of hydrogen-bond acceptors (Lipinski definition) is 22. The first-order chi connectivity index (χ1) is 51.6. The van der Waals surface area contributed by atoms with Gasteiger partial charge >= 0.3 is 23.9 Å². The predicted octanol–water partition coefficient (Wildman–Crippen LogP) is -5.06. The second kappa shape index (κ2) is 44.2. The Bertz CT molecular complexity index is 3650. The fourth-order valence-corrected chi connectivity index (χ4v) is 14.4. The number of guanidine groups is 1. The summed E-state index contributed by atoms with van der Waals surface area (Å²) in [6.07, 6.45) is -1.04. The molecule has 0 saturated carbocycles. The standard InChI is InChI=1S/C67H101N19O21S2/c1-33(2)26-43-60(100)84-47(66(106)107)32-109-108-31-46(83-58(98)41(19-21-52(90)91)78-54(94)35(4)76-59(99)44(27-36-29-73-39-14-6-5-12-37(36)39)81-55(95)34(3)75-56(96)38(69)13-7-8-22-68)62(102)80-42(15-9-23-72-67(70)71)64(104)86-25-11-17-49(86)65(105)85-24-10-16-48(85)63(103)82-45(28-53(92)93)61(101)79-40(18-20-51(88)89)57(97)74-30-50(87)77-43/h5-6,12,14,29,33-35,38,40-49,73H,7-11,13,15-28,30-32,68-69H2,1-4H3,(H,74,97)(H,75,96)(H,76,99)(H,77,87)(H,78,94)(H,79,101)(H,80,102)(H,81,95)(H,82,103)(H,83,98)(H,84,100)(H,88,89)(H,90,91)(H,92,93)(H,106,107)(H4,70,71,72)/t34-,35-,38-,40-,41-,42-,43-,44-,45-,46-,47-,48-,49-/m0/s1. The van der Waals surface area contributed by atoms with E-state index in [4.69, 9.17) is 22.9 Å². The van der Waals surface area contributed by atoms with Crippen LogP contribution in [0.4, 0.5) is 0 Å². The van der Waals surface area contributed by atoms with Crippen molar-refractivity contribution in [3.63, 3.8) is 0 Å². The third-order valence-electron chi connectivity index (χ3n) is 17.9. The van der Waals surface area contributed by atoms with Gasteiger partial charge < -0.3 is 117 Å². The number of nitrogens with zero attached hydrogens (tertiary/aromatic N) is 3. The molecule has 0 unspecified atom stereocenters. The van der Waals surface area contributed by atoms with Crippen molar-refractivity contribution in [2.24, 2.45) is 33.8 Å². The van der Waals surface area contributed by atoms with Gasteiger partial charge in [0.25, 0.3) is 0 Å². The van der Waals surface area contributed by atoms with Crippen LogP contribution in [0.2, 0.25) is 0 Å². The van der Waals surface area contributed by atoms with E-state index in [2.05, 4.69) is 68.5 Å². The zero-order chi connectivity index (χ0) is 80.8. The van der Waals surface area contributed by atoms with Gasteiger partial charge in [-0.15, -0.1) is 0 Å². The van der Waals surface area contributed by atoms with E-state index in [-0.39, 0.29) is 89.3 Å². The summed E-state index contributed by atoms with van der Waals surface area (Å²) >= 11 is 0. The first-order valence-electron chi connectivity index (χ1n) is 35.7. The van der Waals surface area contributed by atoms with Crippen LogP contribution in [-0.2, 0) is 87.9 Å². The highest BCUT2D eigenvalue weighted by Crippen LogP contribution is 2.28. The molecule has 2 aromatic rings. The zero-order valence-electron chi connectivity index (χ0n) is 60.9. The third kappa shape index (κ3) is 29.0. The van der Waals surface area contributed by atoms with Gasteiger partial charge in [-0.1, -0.05) is 60.1 Å². The van der Waals surface area contributed by atoms with Crippen LogP contribution < -0.4 is 81.4 Å². The number of hydrogen-bond donors (Lipinski definition) is 20. The Morgan fingerprint density at radius 3 is 1.84 bits per heavy atom. The molecule has 40 nitrogen and oxygen atoms in total. The van der Waals surface area contributed by atoms with E-state index in [1.165, 1.54) is 13.8 Å². The summed E-state index contributed by atoms with van der Waals surface area (Å²) in [5.41, 5.74) is 24.1. The van der Waals surface area contributed by atoms with E-state index >= 15 is 9.59 Å². The first kappa shape index (κ1) is 89.3. The molecule has 3 saturated heterocycles. The van der Waals surface area contributed by atoms with Gasteiger partial charge in [0, 0.05) is 67.5 Å². The van der Waals surface area contributed by atoms with Crippen molar-refractivity contribution in [1.82, 2.24) is 73.3 Å². The number of carboxylic acids is 4. The highest BCUT2D eigenvalue weighted by molar-refractivity contribution is 8.76. The van der Waals surface area contributed by atoms with Crippen LogP contribution in [0.5, 0.6) is 0 Å². The van der Waals surface area contributed by atoms with Gasteiger partial charge in [0.05, 0.1) is 19.0 Å². The molecule has 0 aliphatic carbocycles. The van der Waals surface area contributed by atoms with Gasteiger partial charge in [-0.2, -0.15) is 0 Å². The molecular formula is C67H101N19O21S2. The van der Waals surface area contributed by atoms with Crippen molar-refractivity contribution in [2.75, 3.05) is 44.2 Å². The van der Waals surface area contributed by atoms with Gasteiger partial charge in [0.1, 0.15) is 72.5 Å². The number of aromatic amines is 1. The molecule has 1 aromatic heterocycles. The van der Waals surface area contributed by atoms with E-state index in [0.29, 0.717) is 35.9 Å². The lowest BCUT2D eigenvalue weighted by Crippen LogP contribution is -2.60. The number of nitrogens with one attached hydrogen (secondary N) is 12. The summed E-state index contributed by atoms with van der Waals surface area (Å²) in [6.45, 7) is 5.09. The number of para-hydroxylation sites is 1. The van der Waals surface area contributed by atoms with E-state index in [0.717, 1.165) is 31.4 Å². The molecule has 0 bridgehead atoms. The Labute approximate surface area is 634 Å². The Hall–Kier alpha value is -10.4. The molecule has 602 valence electrons. The van der Waals surface area contributed by atoms with Crippen molar-refractivity contribution < 1.29 is 102 Å². The lowest BCUT2D eigenvalue weighted by molar-refractivity contribution is -0.148. The Morgan fingerprint density at radius 1 is 0.606 bits per heavy atom. The van der Waals surface area contributed by atoms with Crippen LogP contribution >= 0.6 is 21.6 Å². The molecule has 24 N–H and O–H groups in total. The van der Waals surface area contributed by atoms with Gasteiger partial charge in [-0.3, -0.25) is 81.7 Å². The molecule has 1 aromatic carbocycles. The van der Waals surface area contributed by atoms with E-state index in [1.807, 2.05) is 0 Å². The number of carboxylic acid groups (broad SMARTS) is 4. The fourth-order valence-electron chi connectivity index (χ4n) is 12.1. The molecule has 3 fully saturated rings. The highest BCUT2D eigenvalue weighted by Gasteiger charge is 2.45. The molecule has 5 rings (SSSR count). The number of aliphatic carboxylic acids is 4. The van der Waals surface area contributed by atoms with Crippen molar-refractivity contribution >= 4 is 139 Å². The van der Waals surface area contributed by atoms with Crippen LogP contribution in [0, 0.1) is 5.92 Å². The number of unbranched alkanes of at least 4 members (excludes halogenated alkanes) is 1. The number of amides is 13. The minimum Gasteiger partial charge on any atom is -0.481 e. The van der Waals surface area contributed by atoms with E-state index < -0.39 is 229 Å². The van der Waals surface area contributed by atoms with Crippen molar-refractivity contribution in [2.45, 2.75) is 209 Å². The molecular weight excluding hydrogens is 1470 g/mol. The lowest BCUT2D eigenvalue weighted by atomic mass is 10.0. The van der Waals surface area contributed by atoms with Crippen LogP contribution in [0.25, 0.3) is 10.9 Å². The molecule has 0 radical (unpaired) electrons. The molecule has 0 spiro atoms. The van der Waals surface area contributed by atoms with E-state index in [1.54, 1.807) is 44.3 Å². The average Bonchev–Trinajstić information content (AvgIpc) is 1.68. The Kier molecular flexibility index (Phi) is 36.2. The summed E-state index contributed by atoms with van der Waals surface area (Å²) in [4.78, 5) is 243. The SMILES string of the molecule is CC(C)C[C@@H]1NC(=O)CNC(=O)[C@H](CCC(=O)O)NC(=O)[C@H](CC(=O)O)NC(=O)[C@@H]2CCCN2C(=O)[C@@H]2CCCN2C(=O)[C@H](CCCN=C(N)N)NC(=O)[C@@H](NC(=O)[C@H](CCC(=O)O)NC(=O)[C@H](C)NC(=O)[C@H](Cc2c[nH]c3ccccc23)NC(=O)[C@H](C)NC(=O)[C@@H](N)CCCCN)CSSC[C@@H](C(=O)O)NC1=O. The van der Waals surface area contributed by atoms with Crippen LogP contribution in [0.15, 0.2) is 35.5 Å². The third-order valence-corrected chi connectivity index (χ3v) is 20.3. The number of fused-ring (bicyclic) bond motifs is 3.